The molecule has 1 aromatic rings. The van der Waals surface area contributed by atoms with Crippen molar-refractivity contribution in [2.75, 3.05) is 13.2 Å². The Morgan fingerprint density at radius 3 is 2.76 bits per heavy atom. The van der Waals surface area contributed by atoms with Gasteiger partial charge in [-0.2, -0.15) is 0 Å². The van der Waals surface area contributed by atoms with E-state index in [0.717, 1.165) is 0 Å². The number of carboxylic acid groups (broad SMARTS) is 1. The highest BCUT2D eigenvalue weighted by Gasteiger charge is 2.33. The molecule has 114 valence electrons. The summed E-state index contributed by atoms with van der Waals surface area (Å²) in [4.78, 5) is 22.8. The smallest absolute Gasteiger partial charge is 0.306 e. The van der Waals surface area contributed by atoms with Gasteiger partial charge in [-0.3, -0.25) is 9.59 Å². The molecule has 0 unspecified atom stereocenters. The zero-order valence-corrected chi connectivity index (χ0v) is 12.3. The first-order valence-electron chi connectivity index (χ1n) is 6.95. The second kappa shape index (κ2) is 7.31. The molecule has 1 aromatic carbocycles. The fourth-order valence-electron chi connectivity index (χ4n) is 2.49. The predicted molar refractivity (Wildman–Crippen MR) is 78.4 cm³/mol. The van der Waals surface area contributed by atoms with Crippen molar-refractivity contribution in [3.8, 4) is 5.75 Å². The lowest BCUT2D eigenvalue weighted by molar-refractivity contribution is -0.141. The largest absolute Gasteiger partial charge is 0.492 e. The van der Waals surface area contributed by atoms with Crippen molar-refractivity contribution in [1.29, 1.82) is 0 Å². The number of ether oxygens (including phenoxy) is 1. The Hall–Kier alpha value is -1.75. The molecule has 6 heteroatoms. The molecule has 0 saturated heterocycles. The van der Waals surface area contributed by atoms with E-state index in [4.69, 9.17) is 21.4 Å². The molecule has 0 bridgehead atoms. The molecule has 5 nitrogen and oxygen atoms in total. The molecule has 2 rings (SSSR count). The summed E-state index contributed by atoms with van der Waals surface area (Å²) in [7, 11) is 0. The van der Waals surface area contributed by atoms with Crippen molar-refractivity contribution >= 4 is 23.5 Å². The van der Waals surface area contributed by atoms with Gasteiger partial charge in [0, 0.05) is 10.9 Å². The Bertz CT molecular complexity index is 520. The molecule has 21 heavy (non-hydrogen) atoms. The van der Waals surface area contributed by atoms with Crippen LogP contribution in [0.1, 0.15) is 19.3 Å². The first-order chi connectivity index (χ1) is 10.1. The number of carbonyl (C=O) groups is 2. The van der Waals surface area contributed by atoms with Gasteiger partial charge in [0.25, 0.3) is 0 Å². The van der Waals surface area contributed by atoms with Crippen LogP contribution in [-0.2, 0) is 9.59 Å². The average molecular weight is 312 g/mol. The number of carbonyl (C=O) groups excluding carboxylic acids is 1. The Kier molecular flexibility index (Phi) is 5.44. The van der Waals surface area contributed by atoms with Gasteiger partial charge in [0.1, 0.15) is 12.4 Å². The molecule has 1 amide bonds. The minimum atomic E-state index is -0.811. The van der Waals surface area contributed by atoms with Crippen molar-refractivity contribution in [2.24, 2.45) is 11.8 Å². The van der Waals surface area contributed by atoms with Gasteiger partial charge in [-0.15, -0.1) is 0 Å². The minimum absolute atomic E-state index is 0.0894. The second-order valence-electron chi connectivity index (χ2n) is 5.14. The van der Waals surface area contributed by atoms with Crippen LogP contribution >= 0.6 is 11.6 Å². The van der Waals surface area contributed by atoms with Crippen molar-refractivity contribution in [1.82, 2.24) is 5.32 Å². The topological polar surface area (TPSA) is 75.6 Å². The van der Waals surface area contributed by atoms with Gasteiger partial charge in [0.15, 0.2) is 0 Å². The van der Waals surface area contributed by atoms with Crippen LogP contribution < -0.4 is 10.1 Å². The quantitative estimate of drug-likeness (QED) is 0.791. The number of rotatable bonds is 6. The molecule has 2 N–H and O–H groups in total. The first kappa shape index (κ1) is 15.6. The predicted octanol–water partition coefficient (Wildman–Crippen LogP) is 2.34. The Labute approximate surface area is 128 Å². The van der Waals surface area contributed by atoms with Crippen LogP contribution in [-0.4, -0.2) is 30.1 Å². The van der Waals surface area contributed by atoms with E-state index in [1.165, 1.54) is 0 Å². The van der Waals surface area contributed by atoms with Gasteiger partial charge in [-0.25, -0.2) is 0 Å². The maximum atomic E-state index is 11.9. The summed E-state index contributed by atoms with van der Waals surface area (Å²) in [5.74, 6) is -0.827. The summed E-state index contributed by atoms with van der Waals surface area (Å²) in [6.07, 6.45) is 1.64. The van der Waals surface area contributed by atoms with Gasteiger partial charge in [-0.1, -0.05) is 17.7 Å². The number of nitrogens with one attached hydrogen (secondary N) is 1. The van der Waals surface area contributed by atoms with E-state index >= 15 is 0 Å². The number of halogens is 1. The van der Waals surface area contributed by atoms with E-state index in [1.807, 2.05) is 0 Å². The molecular formula is C15H18ClNO4. The molecule has 1 aliphatic carbocycles. The Balaban J connectivity index is 1.67. The average Bonchev–Trinajstić information content (AvgIpc) is 2.93. The van der Waals surface area contributed by atoms with Crippen LogP contribution in [0.25, 0.3) is 0 Å². The van der Waals surface area contributed by atoms with Crippen LogP contribution in [0.5, 0.6) is 5.75 Å². The summed E-state index contributed by atoms with van der Waals surface area (Å²) in [5, 5.41) is 12.3. The van der Waals surface area contributed by atoms with Crippen LogP contribution in [0.15, 0.2) is 24.3 Å². The van der Waals surface area contributed by atoms with Crippen molar-refractivity contribution < 1.29 is 19.4 Å². The van der Waals surface area contributed by atoms with Crippen LogP contribution in [0.4, 0.5) is 0 Å². The van der Waals surface area contributed by atoms with Gasteiger partial charge in [-0.05, 0) is 37.5 Å². The number of hydrogen-bond acceptors (Lipinski definition) is 3. The number of hydrogen-bond donors (Lipinski definition) is 2. The zero-order chi connectivity index (χ0) is 15.2. The standard InChI is InChI=1S/C15H18ClNO4/c16-12-2-1-3-13(9-12)21-7-6-17-14(18)10-4-5-11(8-10)15(19)20/h1-3,9-11H,4-8H2,(H,17,18)(H,19,20)/t10-,11+/m0/s1. The highest BCUT2D eigenvalue weighted by molar-refractivity contribution is 6.30. The SMILES string of the molecule is O=C(O)[C@@H]1CC[C@H](C(=O)NCCOc2cccc(Cl)c2)C1. The maximum Gasteiger partial charge on any atom is 0.306 e. The van der Waals surface area contributed by atoms with Crippen LogP contribution in [0.2, 0.25) is 5.02 Å². The molecule has 1 fully saturated rings. The summed E-state index contributed by atoms with van der Waals surface area (Å²) in [6.45, 7) is 0.737. The van der Waals surface area contributed by atoms with Crippen LogP contribution in [0.3, 0.4) is 0 Å². The third-order valence-electron chi connectivity index (χ3n) is 3.62. The van der Waals surface area contributed by atoms with E-state index < -0.39 is 5.97 Å². The van der Waals surface area contributed by atoms with Gasteiger partial charge in [0.2, 0.25) is 5.91 Å². The Morgan fingerprint density at radius 2 is 2.10 bits per heavy atom. The molecule has 0 spiro atoms. The van der Waals surface area contributed by atoms with Crippen molar-refractivity contribution in [2.45, 2.75) is 19.3 Å². The highest BCUT2D eigenvalue weighted by atomic mass is 35.5. The van der Waals surface area contributed by atoms with Gasteiger partial charge < -0.3 is 15.2 Å². The Morgan fingerprint density at radius 1 is 1.33 bits per heavy atom. The zero-order valence-electron chi connectivity index (χ0n) is 11.5. The third kappa shape index (κ3) is 4.63. The molecule has 1 aliphatic rings. The van der Waals surface area contributed by atoms with E-state index in [0.29, 0.717) is 43.2 Å². The van der Waals surface area contributed by atoms with E-state index in [1.54, 1.807) is 24.3 Å². The monoisotopic (exact) mass is 311 g/mol. The summed E-state index contributed by atoms with van der Waals surface area (Å²) in [6, 6.07) is 7.05. The lowest BCUT2D eigenvalue weighted by Crippen LogP contribution is -2.33. The summed E-state index contributed by atoms with van der Waals surface area (Å²) < 4.78 is 5.47. The van der Waals surface area contributed by atoms with E-state index in [2.05, 4.69) is 5.32 Å². The summed E-state index contributed by atoms with van der Waals surface area (Å²) in [5.41, 5.74) is 0. The third-order valence-corrected chi connectivity index (χ3v) is 3.85. The number of aliphatic carboxylic acids is 1. The lowest BCUT2D eigenvalue weighted by Gasteiger charge is -2.11. The van der Waals surface area contributed by atoms with Gasteiger partial charge >= 0.3 is 5.97 Å². The molecular weight excluding hydrogens is 294 g/mol. The molecule has 0 aromatic heterocycles. The van der Waals surface area contributed by atoms with E-state index in [-0.39, 0.29) is 17.7 Å². The van der Waals surface area contributed by atoms with Crippen molar-refractivity contribution in [3.63, 3.8) is 0 Å². The minimum Gasteiger partial charge on any atom is -0.492 e. The van der Waals surface area contributed by atoms with Crippen molar-refractivity contribution in [3.05, 3.63) is 29.3 Å². The second-order valence-corrected chi connectivity index (χ2v) is 5.58. The normalized spacial score (nSPS) is 21.0. The lowest BCUT2D eigenvalue weighted by atomic mass is 10.0. The highest BCUT2D eigenvalue weighted by Crippen LogP contribution is 2.31. The fraction of sp³-hybridized carbons (Fsp3) is 0.467. The number of carboxylic acids is 1. The molecule has 1 saturated carbocycles. The molecule has 0 heterocycles. The number of amides is 1. The molecule has 2 atom stereocenters. The van der Waals surface area contributed by atoms with Gasteiger partial charge in [0.05, 0.1) is 12.5 Å². The molecule has 0 aliphatic heterocycles. The van der Waals surface area contributed by atoms with Crippen LogP contribution in [0, 0.1) is 11.8 Å². The first-order valence-corrected chi connectivity index (χ1v) is 7.33. The summed E-state index contributed by atoms with van der Waals surface area (Å²) >= 11 is 5.84. The number of benzene rings is 1. The maximum absolute atomic E-state index is 11.9. The van der Waals surface area contributed by atoms with E-state index in [9.17, 15) is 9.59 Å². The fourth-order valence-corrected chi connectivity index (χ4v) is 2.67. The molecule has 0 radical (unpaired) electrons.